The normalized spacial score (nSPS) is 23.0. The van der Waals surface area contributed by atoms with Crippen LogP contribution in [0, 0.1) is 11.8 Å². The molecule has 1 aromatic rings. The van der Waals surface area contributed by atoms with Crippen LogP contribution in [0.5, 0.6) is 0 Å². The quantitative estimate of drug-likeness (QED) is 0.646. The lowest BCUT2D eigenvalue weighted by atomic mass is 9.92. The van der Waals surface area contributed by atoms with Crippen molar-refractivity contribution >= 4 is 11.6 Å². The van der Waals surface area contributed by atoms with Crippen molar-refractivity contribution < 1.29 is 4.79 Å². The summed E-state index contributed by atoms with van der Waals surface area (Å²) in [6.45, 7) is 8.77. The molecule has 1 heterocycles. The molecule has 4 heteroatoms. The Balaban J connectivity index is 1.70. The average Bonchev–Trinajstić information content (AvgIpc) is 2.43. The molecule has 116 valence electrons. The van der Waals surface area contributed by atoms with E-state index in [9.17, 15) is 4.79 Å². The lowest BCUT2D eigenvalue weighted by molar-refractivity contribution is 0.0948. The third-order valence-electron chi connectivity index (χ3n) is 4.09. The maximum absolute atomic E-state index is 12.0. The minimum atomic E-state index is -0.0755. The molecule has 1 fully saturated rings. The van der Waals surface area contributed by atoms with Crippen molar-refractivity contribution in [2.45, 2.75) is 26.7 Å². The number of nitrogens with zero attached hydrogens (tertiary/aromatic N) is 1. The van der Waals surface area contributed by atoms with Crippen molar-refractivity contribution in [3.8, 4) is 0 Å². The van der Waals surface area contributed by atoms with Gasteiger partial charge in [-0.3, -0.25) is 4.79 Å². The van der Waals surface area contributed by atoms with Crippen molar-refractivity contribution in [1.82, 2.24) is 10.2 Å². The SMILES string of the molecule is CC1CC(C)CN(CCCNC(=O)c2ccccc2N)C1. The number of rotatable bonds is 5. The Labute approximate surface area is 127 Å². The zero-order valence-corrected chi connectivity index (χ0v) is 13.1. The highest BCUT2D eigenvalue weighted by molar-refractivity contribution is 5.98. The molecule has 0 saturated carbocycles. The van der Waals surface area contributed by atoms with Gasteiger partial charge in [-0.05, 0) is 43.4 Å². The Morgan fingerprint density at radius 2 is 1.95 bits per heavy atom. The molecule has 0 aliphatic carbocycles. The highest BCUT2D eigenvalue weighted by Crippen LogP contribution is 2.20. The number of hydrogen-bond donors (Lipinski definition) is 2. The van der Waals surface area contributed by atoms with Crippen molar-refractivity contribution in [3.63, 3.8) is 0 Å². The molecule has 1 aliphatic rings. The van der Waals surface area contributed by atoms with E-state index >= 15 is 0 Å². The van der Waals surface area contributed by atoms with E-state index in [1.54, 1.807) is 12.1 Å². The van der Waals surface area contributed by atoms with E-state index in [1.165, 1.54) is 19.5 Å². The van der Waals surface area contributed by atoms with Gasteiger partial charge in [0, 0.05) is 25.3 Å². The van der Waals surface area contributed by atoms with Crippen molar-refractivity contribution in [1.29, 1.82) is 0 Å². The lowest BCUT2D eigenvalue weighted by Crippen LogP contribution is -2.40. The van der Waals surface area contributed by atoms with E-state index in [4.69, 9.17) is 5.73 Å². The molecular weight excluding hydrogens is 262 g/mol. The number of nitrogens with two attached hydrogens (primary N) is 1. The number of benzene rings is 1. The zero-order valence-electron chi connectivity index (χ0n) is 13.1. The molecular formula is C17H27N3O. The van der Waals surface area contributed by atoms with Gasteiger partial charge in [-0.2, -0.15) is 0 Å². The summed E-state index contributed by atoms with van der Waals surface area (Å²) in [5, 5.41) is 2.96. The molecule has 3 N–H and O–H groups in total. The topological polar surface area (TPSA) is 58.4 Å². The minimum absolute atomic E-state index is 0.0755. The highest BCUT2D eigenvalue weighted by atomic mass is 16.1. The number of likely N-dealkylation sites (tertiary alicyclic amines) is 1. The predicted molar refractivity (Wildman–Crippen MR) is 87.2 cm³/mol. The van der Waals surface area contributed by atoms with Crippen LogP contribution in [0.2, 0.25) is 0 Å². The van der Waals surface area contributed by atoms with E-state index < -0.39 is 0 Å². The first kappa shape index (κ1) is 15.8. The second kappa shape index (κ2) is 7.46. The highest BCUT2D eigenvalue weighted by Gasteiger charge is 2.21. The maximum atomic E-state index is 12.0. The third-order valence-corrected chi connectivity index (χ3v) is 4.09. The number of anilines is 1. The van der Waals surface area contributed by atoms with Crippen LogP contribution in [0.1, 0.15) is 37.0 Å². The summed E-state index contributed by atoms with van der Waals surface area (Å²) >= 11 is 0. The Kier molecular flexibility index (Phi) is 5.62. The Hall–Kier alpha value is -1.55. The van der Waals surface area contributed by atoms with E-state index in [0.717, 1.165) is 24.8 Å². The summed E-state index contributed by atoms with van der Waals surface area (Å²) < 4.78 is 0. The minimum Gasteiger partial charge on any atom is -0.398 e. The zero-order chi connectivity index (χ0) is 15.2. The number of carbonyl (C=O) groups excluding carboxylic acids is 1. The van der Waals surface area contributed by atoms with Crippen LogP contribution in [0.4, 0.5) is 5.69 Å². The van der Waals surface area contributed by atoms with Crippen LogP contribution >= 0.6 is 0 Å². The van der Waals surface area contributed by atoms with Crippen LogP contribution in [0.15, 0.2) is 24.3 Å². The molecule has 1 aliphatic heterocycles. The number of piperidine rings is 1. The molecule has 0 radical (unpaired) electrons. The first-order chi connectivity index (χ1) is 10.1. The van der Waals surface area contributed by atoms with Crippen molar-refractivity contribution in [2.24, 2.45) is 11.8 Å². The molecule has 1 saturated heterocycles. The standard InChI is InChI=1S/C17H27N3O/c1-13-10-14(2)12-20(11-13)9-5-8-19-17(21)15-6-3-4-7-16(15)18/h3-4,6-7,13-14H,5,8-12,18H2,1-2H3,(H,19,21). The van der Waals surface area contributed by atoms with Gasteiger partial charge in [-0.25, -0.2) is 0 Å². The largest absolute Gasteiger partial charge is 0.398 e. The second-order valence-corrected chi connectivity index (χ2v) is 6.40. The fourth-order valence-electron chi connectivity index (χ4n) is 3.28. The van der Waals surface area contributed by atoms with Gasteiger partial charge < -0.3 is 16.0 Å². The van der Waals surface area contributed by atoms with Gasteiger partial charge in [0.2, 0.25) is 0 Å². The number of hydrogen-bond acceptors (Lipinski definition) is 3. The van der Waals surface area contributed by atoms with Gasteiger partial charge in [0.15, 0.2) is 0 Å². The van der Waals surface area contributed by atoms with Gasteiger partial charge in [0.05, 0.1) is 5.56 Å². The smallest absolute Gasteiger partial charge is 0.253 e. The first-order valence-electron chi connectivity index (χ1n) is 7.91. The Bertz CT molecular complexity index is 465. The van der Waals surface area contributed by atoms with Crippen LogP contribution in [0.25, 0.3) is 0 Å². The molecule has 0 aromatic heterocycles. The molecule has 4 nitrogen and oxygen atoms in total. The van der Waals surface area contributed by atoms with Gasteiger partial charge >= 0.3 is 0 Å². The molecule has 21 heavy (non-hydrogen) atoms. The summed E-state index contributed by atoms with van der Waals surface area (Å²) in [5.74, 6) is 1.49. The molecule has 1 amide bonds. The summed E-state index contributed by atoms with van der Waals surface area (Å²) in [6, 6.07) is 7.19. The van der Waals surface area contributed by atoms with E-state index in [2.05, 4.69) is 24.1 Å². The molecule has 2 unspecified atom stereocenters. The monoisotopic (exact) mass is 289 g/mol. The second-order valence-electron chi connectivity index (χ2n) is 6.40. The Morgan fingerprint density at radius 1 is 1.29 bits per heavy atom. The van der Waals surface area contributed by atoms with Gasteiger partial charge in [0.25, 0.3) is 5.91 Å². The lowest BCUT2D eigenvalue weighted by Gasteiger charge is -2.34. The van der Waals surface area contributed by atoms with E-state index in [1.807, 2.05) is 12.1 Å². The first-order valence-corrected chi connectivity index (χ1v) is 7.91. The van der Waals surface area contributed by atoms with Gasteiger partial charge in [-0.15, -0.1) is 0 Å². The molecule has 2 rings (SSSR count). The van der Waals surface area contributed by atoms with Crippen LogP contribution in [-0.2, 0) is 0 Å². The summed E-state index contributed by atoms with van der Waals surface area (Å²) in [4.78, 5) is 14.5. The van der Waals surface area contributed by atoms with E-state index in [0.29, 0.717) is 17.8 Å². The van der Waals surface area contributed by atoms with Crippen molar-refractivity contribution in [3.05, 3.63) is 29.8 Å². The van der Waals surface area contributed by atoms with Crippen LogP contribution in [-0.4, -0.2) is 37.0 Å². The number of nitrogen functional groups attached to an aromatic ring is 1. The molecule has 0 spiro atoms. The van der Waals surface area contributed by atoms with Crippen LogP contribution in [0.3, 0.4) is 0 Å². The molecule has 2 atom stereocenters. The number of nitrogens with one attached hydrogen (secondary N) is 1. The summed E-state index contributed by atoms with van der Waals surface area (Å²) in [6.07, 6.45) is 2.32. The Morgan fingerprint density at radius 3 is 2.62 bits per heavy atom. The predicted octanol–water partition coefficient (Wildman–Crippen LogP) is 2.37. The van der Waals surface area contributed by atoms with Crippen molar-refractivity contribution in [2.75, 3.05) is 31.9 Å². The maximum Gasteiger partial charge on any atom is 0.253 e. The molecule has 1 aromatic carbocycles. The average molecular weight is 289 g/mol. The fourth-order valence-corrected chi connectivity index (χ4v) is 3.28. The van der Waals surface area contributed by atoms with Crippen LogP contribution < -0.4 is 11.1 Å². The fraction of sp³-hybridized carbons (Fsp3) is 0.588. The summed E-state index contributed by atoms with van der Waals surface area (Å²) in [5.41, 5.74) is 6.91. The molecule has 0 bridgehead atoms. The number of para-hydroxylation sites is 1. The van der Waals surface area contributed by atoms with Gasteiger partial charge in [0.1, 0.15) is 0 Å². The number of carbonyl (C=O) groups is 1. The van der Waals surface area contributed by atoms with E-state index in [-0.39, 0.29) is 5.91 Å². The number of amides is 1. The summed E-state index contributed by atoms with van der Waals surface area (Å²) in [7, 11) is 0. The van der Waals surface area contributed by atoms with Gasteiger partial charge in [-0.1, -0.05) is 26.0 Å². The third kappa shape index (κ3) is 4.74.